The van der Waals surface area contributed by atoms with Crippen LogP contribution in [0.2, 0.25) is 0 Å². The van der Waals surface area contributed by atoms with Gasteiger partial charge in [-0.15, -0.1) is 10.2 Å². The molecule has 14 heavy (non-hydrogen) atoms. The molecule has 0 saturated heterocycles. The molecule has 1 aliphatic carbocycles. The predicted octanol–water partition coefficient (Wildman–Crippen LogP) is 0.810. The van der Waals surface area contributed by atoms with E-state index in [4.69, 9.17) is 5.73 Å². The summed E-state index contributed by atoms with van der Waals surface area (Å²) in [5, 5.41) is 14.1. The van der Waals surface area contributed by atoms with Crippen molar-refractivity contribution in [2.24, 2.45) is 17.1 Å². The Labute approximate surface area is 83.5 Å². The van der Waals surface area contributed by atoms with E-state index in [1.807, 2.05) is 0 Å². The standard InChI is InChI=1S/C9H17N5/c1-4-9(10,6-5-8(6,2)3)7-11-13-14-12-7/h6H,4-5,10H2,1-3H3,(H,11,12,13,14). The molecule has 5 heteroatoms. The molecule has 0 aliphatic heterocycles. The zero-order valence-electron chi connectivity index (χ0n) is 8.91. The van der Waals surface area contributed by atoms with E-state index in [9.17, 15) is 0 Å². The van der Waals surface area contributed by atoms with Crippen molar-refractivity contribution < 1.29 is 0 Å². The molecular weight excluding hydrogens is 178 g/mol. The molecule has 2 atom stereocenters. The van der Waals surface area contributed by atoms with Crippen LogP contribution in [0.4, 0.5) is 0 Å². The van der Waals surface area contributed by atoms with Crippen LogP contribution in [-0.4, -0.2) is 20.6 Å². The highest BCUT2D eigenvalue weighted by atomic mass is 15.5. The molecule has 2 rings (SSSR count). The van der Waals surface area contributed by atoms with Crippen molar-refractivity contribution in [1.82, 2.24) is 20.6 Å². The first-order valence-corrected chi connectivity index (χ1v) is 5.03. The molecule has 5 nitrogen and oxygen atoms in total. The molecule has 0 amide bonds. The molecule has 1 saturated carbocycles. The van der Waals surface area contributed by atoms with Crippen molar-refractivity contribution in [3.63, 3.8) is 0 Å². The van der Waals surface area contributed by atoms with Gasteiger partial charge >= 0.3 is 0 Å². The topological polar surface area (TPSA) is 80.5 Å². The van der Waals surface area contributed by atoms with Gasteiger partial charge in [0.1, 0.15) is 0 Å². The maximum atomic E-state index is 6.36. The molecule has 0 radical (unpaired) electrons. The van der Waals surface area contributed by atoms with Crippen molar-refractivity contribution in [2.45, 2.75) is 39.2 Å². The third-order valence-corrected chi connectivity index (χ3v) is 3.48. The maximum Gasteiger partial charge on any atom is 0.194 e. The number of tetrazole rings is 1. The molecule has 1 heterocycles. The minimum Gasteiger partial charge on any atom is -0.318 e. The molecule has 2 unspecified atom stereocenters. The van der Waals surface area contributed by atoms with E-state index < -0.39 is 5.54 Å². The minimum atomic E-state index is -0.406. The zero-order valence-corrected chi connectivity index (χ0v) is 8.91. The van der Waals surface area contributed by atoms with E-state index >= 15 is 0 Å². The lowest BCUT2D eigenvalue weighted by Crippen LogP contribution is -2.41. The summed E-state index contributed by atoms with van der Waals surface area (Å²) in [6.45, 7) is 6.54. The summed E-state index contributed by atoms with van der Waals surface area (Å²) in [6, 6.07) is 0. The van der Waals surface area contributed by atoms with Crippen LogP contribution in [-0.2, 0) is 5.54 Å². The summed E-state index contributed by atoms with van der Waals surface area (Å²) in [5.41, 5.74) is 6.28. The Kier molecular flexibility index (Phi) is 1.89. The number of aromatic amines is 1. The molecule has 1 aliphatic rings. The van der Waals surface area contributed by atoms with E-state index in [0.29, 0.717) is 17.2 Å². The molecular formula is C9H17N5. The van der Waals surface area contributed by atoms with Crippen molar-refractivity contribution in [3.05, 3.63) is 5.82 Å². The lowest BCUT2D eigenvalue weighted by atomic mass is 9.86. The average molecular weight is 195 g/mol. The van der Waals surface area contributed by atoms with Gasteiger partial charge < -0.3 is 5.73 Å². The molecule has 3 N–H and O–H groups in total. The molecule has 1 aromatic rings. The highest BCUT2D eigenvalue weighted by Crippen LogP contribution is 2.59. The summed E-state index contributed by atoms with van der Waals surface area (Å²) < 4.78 is 0. The first-order valence-electron chi connectivity index (χ1n) is 5.03. The highest BCUT2D eigenvalue weighted by Gasteiger charge is 2.57. The Morgan fingerprint density at radius 3 is 2.64 bits per heavy atom. The predicted molar refractivity (Wildman–Crippen MR) is 52.2 cm³/mol. The van der Waals surface area contributed by atoms with Gasteiger partial charge in [-0.25, -0.2) is 0 Å². The van der Waals surface area contributed by atoms with E-state index in [2.05, 4.69) is 41.4 Å². The third-order valence-electron chi connectivity index (χ3n) is 3.48. The number of rotatable bonds is 3. The average Bonchev–Trinajstić information content (AvgIpc) is 2.62. The monoisotopic (exact) mass is 195 g/mol. The van der Waals surface area contributed by atoms with Gasteiger partial charge in [0.15, 0.2) is 5.82 Å². The summed E-state index contributed by atoms with van der Waals surface area (Å²) in [7, 11) is 0. The van der Waals surface area contributed by atoms with Gasteiger partial charge in [0.25, 0.3) is 0 Å². The largest absolute Gasteiger partial charge is 0.318 e. The van der Waals surface area contributed by atoms with Crippen LogP contribution in [0.5, 0.6) is 0 Å². The normalized spacial score (nSPS) is 28.4. The fourth-order valence-corrected chi connectivity index (χ4v) is 2.27. The third kappa shape index (κ3) is 1.23. The number of nitrogens with zero attached hydrogens (tertiary/aromatic N) is 3. The molecule has 78 valence electrons. The first-order chi connectivity index (χ1) is 6.50. The van der Waals surface area contributed by atoms with E-state index in [0.717, 1.165) is 12.8 Å². The van der Waals surface area contributed by atoms with Gasteiger partial charge in [0.05, 0.1) is 5.54 Å². The smallest absolute Gasteiger partial charge is 0.194 e. The van der Waals surface area contributed by atoms with E-state index in [1.165, 1.54) is 0 Å². The van der Waals surface area contributed by atoms with Crippen LogP contribution in [0.15, 0.2) is 0 Å². The van der Waals surface area contributed by atoms with Crippen LogP contribution >= 0.6 is 0 Å². The minimum absolute atomic E-state index is 0.325. The number of H-pyrrole nitrogens is 1. The molecule has 1 aromatic heterocycles. The van der Waals surface area contributed by atoms with Crippen molar-refractivity contribution in [3.8, 4) is 0 Å². The number of hydrogen-bond acceptors (Lipinski definition) is 4. The fourth-order valence-electron chi connectivity index (χ4n) is 2.27. The SMILES string of the molecule is CCC(N)(c1nn[nH]n1)C1CC1(C)C. The Hall–Kier alpha value is -0.970. The van der Waals surface area contributed by atoms with Crippen molar-refractivity contribution in [1.29, 1.82) is 0 Å². The molecule has 0 spiro atoms. The van der Waals surface area contributed by atoms with Gasteiger partial charge in [0.2, 0.25) is 0 Å². The van der Waals surface area contributed by atoms with E-state index in [1.54, 1.807) is 0 Å². The first kappa shape index (κ1) is 9.58. The van der Waals surface area contributed by atoms with Gasteiger partial charge in [-0.05, 0) is 24.2 Å². The van der Waals surface area contributed by atoms with Gasteiger partial charge in [-0.2, -0.15) is 5.21 Å². The lowest BCUT2D eigenvalue weighted by molar-refractivity contribution is 0.303. The Morgan fingerprint density at radius 2 is 2.29 bits per heavy atom. The number of aromatic nitrogens is 4. The van der Waals surface area contributed by atoms with Crippen LogP contribution in [0.1, 0.15) is 39.4 Å². The molecule has 0 bridgehead atoms. The van der Waals surface area contributed by atoms with Crippen LogP contribution in [0.3, 0.4) is 0 Å². The van der Waals surface area contributed by atoms with Crippen molar-refractivity contribution >= 4 is 0 Å². The van der Waals surface area contributed by atoms with Gasteiger partial charge in [0, 0.05) is 0 Å². The highest BCUT2D eigenvalue weighted by molar-refractivity contribution is 5.15. The summed E-state index contributed by atoms with van der Waals surface area (Å²) in [5.74, 6) is 1.12. The second kappa shape index (κ2) is 2.76. The summed E-state index contributed by atoms with van der Waals surface area (Å²) in [6.07, 6.45) is 1.99. The second-order valence-electron chi connectivity index (χ2n) is 4.87. The summed E-state index contributed by atoms with van der Waals surface area (Å²) >= 11 is 0. The van der Waals surface area contributed by atoms with Crippen LogP contribution in [0, 0.1) is 11.3 Å². The Bertz CT molecular complexity index is 318. The lowest BCUT2D eigenvalue weighted by Gasteiger charge is -2.26. The van der Waals surface area contributed by atoms with E-state index in [-0.39, 0.29) is 0 Å². The maximum absolute atomic E-state index is 6.36. The zero-order chi connectivity index (χ0) is 10.4. The van der Waals surface area contributed by atoms with Gasteiger partial charge in [-0.1, -0.05) is 26.0 Å². The van der Waals surface area contributed by atoms with Crippen molar-refractivity contribution in [2.75, 3.05) is 0 Å². The number of hydrogen-bond donors (Lipinski definition) is 2. The molecule has 0 aromatic carbocycles. The molecule has 1 fully saturated rings. The van der Waals surface area contributed by atoms with Gasteiger partial charge in [-0.3, -0.25) is 0 Å². The van der Waals surface area contributed by atoms with Crippen LogP contribution in [0.25, 0.3) is 0 Å². The Morgan fingerprint density at radius 1 is 1.64 bits per heavy atom. The number of nitrogens with two attached hydrogens (primary N) is 1. The fraction of sp³-hybridized carbons (Fsp3) is 0.889. The summed E-state index contributed by atoms with van der Waals surface area (Å²) in [4.78, 5) is 0. The quantitative estimate of drug-likeness (QED) is 0.748. The Balaban J connectivity index is 2.28. The number of nitrogens with one attached hydrogen (secondary N) is 1. The second-order valence-corrected chi connectivity index (χ2v) is 4.87. The van der Waals surface area contributed by atoms with Crippen LogP contribution < -0.4 is 5.73 Å².